The van der Waals surface area contributed by atoms with Crippen LogP contribution in [0, 0.1) is 6.92 Å². The summed E-state index contributed by atoms with van der Waals surface area (Å²) in [5.41, 5.74) is 7.54. The van der Waals surface area contributed by atoms with E-state index < -0.39 is 0 Å². The van der Waals surface area contributed by atoms with Crippen molar-refractivity contribution in [1.82, 2.24) is 4.98 Å². The van der Waals surface area contributed by atoms with Gasteiger partial charge in [-0.05, 0) is 46.6 Å². The normalized spacial score (nSPS) is 10.2. The zero-order chi connectivity index (χ0) is 13.7. The van der Waals surface area contributed by atoms with Crippen LogP contribution >= 0.6 is 15.9 Å². The number of hydrogen-bond donors (Lipinski definition) is 2. The van der Waals surface area contributed by atoms with Crippen LogP contribution in [0.3, 0.4) is 0 Å². The molecule has 0 spiro atoms. The van der Waals surface area contributed by atoms with Gasteiger partial charge in [-0.25, -0.2) is 4.98 Å². The van der Waals surface area contributed by atoms with Gasteiger partial charge in [0.15, 0.2) is 0 Å². The van der Waals surface area contributed by atoms with Crippen LogP contribution in [0.25, 0.3) is 0 Å². The number of nitrogens with zero attached hydrogens (tertiary/aromatic N) is 1. The highest BCUT2D eigenvalue weighted by Crippen LogP contribution is 2.20. The molecule has 1 aromatic heterocycles. The first-order chi connectivity index (χ1) is 9.16. The second-order valence-electron chi connectivity index (χ2n) is 4.13. The van der Waals surface area contributed by atoms with Crippen molar-refractivity contribution in [2.45, 2.75) is 6.92 Å². The van der Waals surface area contributed by atoms with Gasteiger partial charge in [-0.15, -0.1) is 0 Å². The predicted octanol–water partition coefficient (Wildman–Crippen LogP) is 3.23. The van der Waals surface area contributed by atoms with Gasteiger partial charge in [0, 0.05) is 10.7 Å². The van der Waals surface area contributed by atoms with Gasteiger partial charge in [0.2, 0.25) is 0 Å². The van der Waals surface area contributed by atoms with Gasteiger partial charge < -0.3 is 15.8 Å². The van der Waals surface area contributed by atoms with Crippen LogP contribution in [0.5, 0.6) is 5.75 Å². The number of nitrogen functional groups attached to an aromatic ring is 1. The minimum absolute atomic E-state index is 0.533. The average molecular weight is 322 g/mol. The molecule has 1 aromatic carbocycles. The van der Waals surface area contributed by atoms with E-state index in [0.29, 0.717) is 24.6 Å². The zero-order valence-electron chi connectivity index (χ0n) is 10.7. The lowest BCUT2D eigenvalue weighted by molar-refractivity contribution is 0.334. The number of aryl methyl sites for hydroxylation is 1. The molecule has 0 radical (unpaired) electrons. The topological polar surface area (TPSA) is 60.2 Å². The molecule has 0 amide bonds. The monoisotopic (exact) mass is 321 g/mol. The molecular formula is C14H16BrN3O. The van der Waals surface area contributed by atoms with Gasteiger partial charge in [0.05, 0.1) is 12.2 Å². The Kier molecular flexibility index (Phi) is 4.63. The average Bonchev–Trinajstić information content (AvgIpc) is 2.38. The molecule has 1 heterocycles. The number of ether oxygens (including phenoxy) is 1. The molecule has 2 aromatic rings. The Labute approximate surface area is 121 Å². The first kappa shape index (κ1) is 13.7. The van der Waals surface area contributed by atoms with Crippen molar-refractivity contribution in [3.05, 3.63) is 46.6 Å². The lowest BCUT2D eigenvalue weighted by Crippen LogP contribution is -2.13. The number of para-hydroxylation sites is 2. The van der Waals surface area contributed by atoms with E-state index in [4.69, 9.17) is 10.5 Å². The lowest BCUT2D eigenvalue weighted by atomic mass is 10.3. The van der Waals surface area contributed by atoms with Crippen molar-refractivity contribution in [2.24, 2.45) is 0 Å². The Morgan fingerprint density at radius 2 is 2.16 bits per heavy atom. The zero-order valence-corrected chi connectivity index (χ0v) is 12.3. The number of pyridine rings is 1. The molecule has 4 nitrogen and oxygen atoms in total. The third-order valence-corrected chi connectivity index (χ3v) is 3.05. The molecule has 5 heteroatoms. The third kappa shape index (κ3) is 3.86. The molecule has 0 bridgehead atoms. The van der Waals surface area contributed by atoms with E-state index in [9.17, 15) is 0 Å². The molecule has 0 fully saturated rings. The molecule has 0 atom stereocenters. The number of nitrogens with one attached hydrogen (secondary N) is 1. The Bertz CT molecular complexity index is 560. The summed E-state index contributed by atoms with van der Waals surface area (Å²) in [5, 5.41) is 3.23. The van der Waals surface area contributed by atoms with E-state index in [-0.39, 0.29) is 0 Å². The fourth-order valence-corrected chi connectivity index (χ4v) is 2.11. The number of rotatable bonds is 5. The Hall–Kier alpha value is -1.75. The summed E-state index contributed by atoms with van der Waals surface area (Å²) in [5.74, 6) is 1.58. The van der Waals surface area contributed by atoms with Crippen molar-refractivity contribution >= 4 is 27.4 Å². The molecule has 0 aliphatic heterocycles. The quantitative estimate of drug-likeness (QED) is 0.655. The first-order valence-electron chi connectivity index (χ1n) is 6.00. The first-order valence-corrected chi connectivity index (χ1v) is 6.79. The number of benzene rings is 1. The standard InChI is InChI=1S/C14H16BrN3O/c1-10-8-11(15)9-18-14(10)17-6-7-19-13-5-3-2-4-12(13)16/h2-5,8-9H,6-7,16H2,1H3,(H,17,18). The number of anilines is 2. The Morgan fingerprint density at radius 1 is 1.37 bits per heavy atom. The lowest BCUT2D eigenvalue weighted by Gasteiger charge is -2.11. The summed E-state index contributed by atoms with van der Waals surface area (Å²) in [6, 6.07) is 9.49. The number of hydrogen-bond acceptors (Lipinski definition) is 4. The van der Waals surface area contributed by atoms with Crippen LogP contribution in [0.4, 0.5) is 11.5 Å². The van der Waals surface area contributed by atoms with Crippen LogP contribution in [0.1, 0.15) is 5.56 Å². The summed E-state index contributed by atoms with van der Waals surface area (Å²) in [6.45, 7) is 3.21. The Balaban J connectivity index is 1.83. The maximum atomic E-state index is 5.79. The molecule has 0 unspecified atom stereocenters. The Morgan fingerprint density at radius 3 is 2.89 bits per heavy atom. The van der Waals surface area contributed by atoms with E-state index in [2.05, 4.69) is 26.2 Å². The van der Waals surface area contributed by atoms with Crippen molar-refractivity contribution < 1.29 is 4.74 Å². The molecule has 100 valence electrons. The fraction of sp³-hybridized carbons (Fsp3) is 0.214. The highest BCUT2D eigenvalue weighted by molar-refractivity contribution is 9.10. The largest absolute Gasteiger partial charge is 0.490 e. The predicted molar refractivity (Wildman–Crippen MR) is 81.5 cm³/mol. The molecule has 0 saturated heterocycles. The molecule has 0 aliphatic rings. The van der Waals surface area contributed by atoms with Gasteiger partial charge in [0.1, 0.15) is 18.2 Å². The van der Waals surface area contributed by atoms with Gasteiger partial charge in [-0.1, -0.05) is 12.1 Å². The number of aromatic nitrogens is 1. The smallest absolute Gasteiger partial charge is 0.142 e. The molecular weight excluding hydrogens is 306 g/mol. The highest BCUT2D eigenvalue weighted by Gasteiger charge is 2.01. The second-order valence-corrected chi connectivity index (χ2v) is 5.05. The minimum Gasteiger partial charge on any atom is -0.490 e. The van der Waals surface area contributed by atoms with Gasteiger partial charge in [-0.2, -0.15) is 0 Å². The van der Waals surface area contributed by atoms with Gasteiger partial charge in [0.25, 0.3) is 0 Å². The summed E-state index contributed by atoms with van der Waals surface area (Å²) in [7, 11) is 0. The SMILES string of the molecule is Cc1cc(Br)cnc1NCCOc1ccccc1N. The second kappa shape index (κ2) is 6.43. The number of halogens is 1. The van der Waals surface area contributed by atoms with Crippen molar-refractivity contribution in [3.8, 4) is 5.75 Å². The van der Waals surface area contributed by atoms with E-state index in [1.807, 2.05) is 37.3 Å². The summed E-state index contributed by atoms with van der Waals surface area (Å²) < 4.78 is 6.57. The van der Waals surface area contributed by atoms with Crippen LogP contribution in [0.15, 0.2) is 41.0 Å². The van der Waals surface area contributed by atoms with Crippen LogP contribution in [0.2, 0.25) is 0 Å². The van der Waals surface area contributed by atoms with E-state index >= 15 is 0 Å². The highest BCUT2D eigenvalue weighted by atomic mass is 79.9. The molecule has 2 rings (SSSR count). The fourth-order valence-electron chi connectivity index (χ4n) is 1.67. The molecule has 0 saturated carbocycles. The maximum Gasteiger partial charge on any atom is 0.142 e. The maximum absolute atomic E-state index is 5.79. The molecule has 0 aliphatic carbocycles. The van der Waals surface area contributed by atoms with Crippen LogP contribution < -0.4 is 15.8 Å². The van der Waals surface area contributed by atoms with E-state index in [0.717, 1.165) is 15.9 Å². The summed E-state index contributed by atoms with van der Waals surface area (Å²) >= 11 is 3.39. The third-order valence-electron chi connectivity index (χ3n) is 2.62. The van der Waals surface area contributed by atoms with E-state index in [1.54, 1.807) is 6.20 Å². The molecule has 3 N–H and O–H groups in total. The van der Waals surface area contributed by atoms with Crippen molar-refractivity contribution in [3.63, 3.8) is 0 Å². The molecule has 19 heavy (non-hydrogen) atoms. The van der Waals surface area contributed by atoms with Crippen molar-refractivity contribution in [2.75, 3.05) is 24.2 Å². The van der Waals surface area contributed by atoms with Gasteiger partial charge >= 0.3 is 0 Å². The number of nitrogens with two attached hydrogens (primary N) is 1. The van der Waals surface area contributed by atoms with E-state index in [1.165, 1.54) is 0 Å². The van der Waals surface area contributed by atoms with Gasteiger partial charge in [-0.3, -0.25) is 0 Å². The van der Waals surface area contributed by atoms with Crippen LogP contribution in [-0.4, -0.2) is 18.1 Å². The summed E-state index contributed by atoms with van der Waals surface area (Å²) in [4.78, 5) is 4.30. The van der Waals surface area contributed by atoms with Crippen molar-refractivity contribution in [1.29, 1.82) is 0 Å². The van der Waals surface area contributed by atoms with Crippen LogP contribution in [-0.2, 0) is 0 Å². The summed E-state index contributed by atoms with van der Waals surface area (Å²) in [6.07, 6.45) is 1.77. The minimum atomic E-state index is 0.533.